The van der Waals surface area contributed by atoms with Crippen LogP contribution in [0.2, 0.25) is 10.0 Å². The van der Waals surface area contributed by atoms with Crippen molar-refractivity contribution in [2.75, 3.05) is 19.6 Å². The van der Waals surface area contributed by atoms with Crippen molar-refractivity contribution >= 4 is 29.1 Å². The molecular formula is C27H28Cl2N2O. The van der Waals surface area contributed by atoms with Crippen molar-refractivity contribution < 1.29 is 4.79 Å². The van der Waals surface area contributed by atoms with Crippen molar-refractivity contribution in [3.8, 4) is 11.1 Å². The molecule has 5 heteroatoms. The number of carbonyl (C=O) groups excluding carboxylic acids is 1. The molecule has 0 bridgehead atoms. The van der Waals surface area contributed by atoms with Crippen LogP contribution in [0.5, 0.6) is 0 Å². The van der Waals surface area contributed by atoms with Gasteiger partial charge in [-0.15, -0.1) is 0 Å². The van der Waals surface area contributed by atoms with Gasteiger partial charge < -0.3 is 5.32 Å². The fraction of sp³-hybridized carbons (Fsp3) is 0.296. The Morgan fingerprint density at radius 3 is 2.19 bits per heavy atom. The Labute approximate surface area is 200 Å². The highest BCUT2D eigenvalue weighted by molar-refractivity contribution is 6.42. The number of benzene rings is 3. The minimum absolute atomic E-state index is 0.0977. The molecule has 166 valence electrons. The normalized spacial score (nSPS) is 14.9. The highest BCUT2D eigenvalue weighted by Gasteiger charge is 2.24. The van der Waals surface area contributed by atoms with E-state index in [1.807, 2.05) is 24.3 Å². The van der Waals surface area contributed by atoms with Crippen LogP contribution in [0.25, 0.3) is 11.1 Å². The zero-order valence-corrected chi connectivity index (χ0v) is 19.6. The Morgan fingerprint density at radius 1 is 0.844 bits per heavy atom. The first-order chi connectivity index (χ1) is 15.6. The molecule has 0 atom stereocenters. The number of piperidine rings is 1. The summed E-state index contributed by atoms with van der Waals surface area (Å²) in [6.07, 6.45) is 2.62. The van der Waals surface area contributed by atoms with Crippen LogP contribution < -0.4 is 5.32 Å². The maximum absolute atomic E-state index is 12.6. The quantitative estimate of drug-likeness (QED) is 0.447. The fourth-order valence-corrected chi connectivity index (χ4v) is 4.54. The van der Waals surface area contributed by atoms with Crippen LogP contribution >= 0.6 is 23.2 Å². The second-order valence-electron chi connectivity index (χ2n) is 8.40. The maximum atomic E-state index is 12.6. The lowest BCUT2D eigenvalue weighted by Crippen LogP contribution is -2.40. The number of hydrogen-bond acceptors (Lipinski definition) is 2. The van der Waals surface area contributed by atoms with Gasteiger partial charge in [-0.05, 0) is 66.7 Å². The SMILES string of the molecule is O=C(NCCc1ccc(-c2ccccc2)cc1)C1CCN(Cc2ccc(Cl)c(Cl)c2)CC1. The van der Waals surface area contributed by atoms with Gasteiger partial charge in [-0.3, -0.25) is 9.69 Å². The van der Waals surface area contributed by atoms with E-state index < -0.39 is 0 Å². The lowest BCUT2D eigenvalue weighted by atomic mass is 9.95. The standard InChI is InChI=1S/C27H28Cl2N2O/c28-25-11-8-21(18-26(25)29)19-31-16-13-24(14-17-31)27(32)30-15-12-20-6-9-23(10-7-20)22-4-2-1-3-5-22/h1-11,18,24H,12-17,19H2,(H,30,32). The molecule has 0 aliphatic carbocycles. The minimum Gasteiger partial charge on any atom is -0.356 e. The van der Waals surface area contributed by atoms with E-state index in [-0.39, 0.29) is 11.8 Å². The van der Waals surface area contributed by atoms with Crippen LogP contribution in [0.3, 0.4) is 0 Å². The number of halogens is 2. The molecule has 3 aromatic carbocycles. The molecule has 1 aliphatic heterocycles. The van der Waals surface area contributed by atoms with Crippen LogP contribution in [0, 0.1) is 5.92 Å². The summed E-state index contributed by atoms with van der Waals surface area (Å²) in [7, 11) is 0. The number of nitrogens with one attached hydrogen (secondary N) is 1. The third-order valence-electron chi connectivity index (χ3n) is 6.12. The van der Waals surface area contributed by atoms with Crippen molar-refractivity contribution in [3.63, 3.8) is 0 Å². The summed E-state index contributed by atoms with van der Waals surface area (Å²) in [5.74, 6) is 0.278. The molecule has 3 nitrogen and oxygen atoms in total. The number of carbonyl (C=O) groups is 1. The van der Waals surface area contributed by atoms with Gasteiger partial charge in [-0.1, -0.05) is 83.9 Å². The van der Waals surface area contributed by atoms with Gasteiger partial charge in [-0.25, -0.2) is 0 Å². The second-order valence-corrected chi connectivity index (χ2v) is 9.22. The van der Waals surface area contributed by atoms with Crippen molar-refractivity contribution in [2.45, 2.75) is 25.8 Å². The van der Waals surface area contributed by atoms with Gasteiger partial charge in [0.2, 0.25) is 5.91 Å². The van der Waals surface area contributed by atoms with Crippen LogP contribution in [-0.2, 0) is 17.8 Å². The third-order valence-corrected chi connectivity index (χ3v) is 6.86. The summed E-state index contributed by atoms with van der Waals surface area (Å²) in [4.78, 5) is 15.0. The van der Waals surface area contributed by atoms with Crippen molar-refractivity contribution in [2.24, 2.45) is 5.92 Å². The maximum Gasteiger partial charge on any atom is 0.223 e. The highest BCUT2D eigenvalue weighted by Crippen LogP contribution is 2.25. The molecular weight excluding hydrogens is 439 g/mol. The van der Waals surface area contributed by atoms with Crippen molar-refractivity contribution in [1.29, 1.82) is 0 Å². The van der Waals surface area contributed by atoms with Crippen molar-refractivity contribution in [3.05, 3.63) is 94.0 Å². The van der Waals surface area contributed by atoms with E-state index >= 15 is 0 Å². The fourth-order valence-electron chi connectivity index (χ4n) is 4.22. The molecule has 1 heterocycles. The molecule has 1 N–H and O–H groups in total. The first kappa shape index (κ1) is 22.8. The molecule has 32 heavy (non-hydrogen) atoms. The number of nitrogens with zero attached hydrogens (tertiary/aromatic N) is 1. The Balaban J connectivity index is 1.19. The van der Waals surface area contributed by atoms with E-state index in [1.165, 1.54) is 16.7 Å². The number of likely N-dealkylation sites (tertiary alicyclic amines) is 1. The summed E-state index contributed by atoms with van der Waals surface area (Å²) in [5, 5.41) is 4.31. The Hall–Kier alpha value is -2.33. The molecule has 0 spiro atoms. The molecule has 0 unspecified atom stereocenters. The molecule has 4 rings (SSSR count). The van der Waals surface area contributed by atoms with E-state index in [1.54, 1.807) is 0 Å². The van der Waals surface area contributed by atoms with E-state index in [9.17, 15) is 4.79 Å². The Kier molecular flexibility index (Phi) is 7.85. The van der Waals surface area contributed by atoms with Gasteiger partial charge >= 0.3 is 0 Å². The van der Waals surface area contributed by atoms with Crippen LogP contribution in [0.1, 0.15) is 24.0 Å². The van der Waals surface area contributed by atoms with Gasteiger partial charge in [0.05, 0.1) is 10.0 Å². The summed E-state index contributed by atoms with van der Waals surface area (Å²) in [5.41, 5.74) is 4.82. The number of amides is 1. The summed E-state index contributed by atoms with van der Waals surface area (Å²) in [6, 6.07) is 24.7. The largest absolute Gasteiger partial charge is 0.356 e. The predicted octanol–water partition coefficient (Wildman–Crippen LogP) is 6.23. The van der Waals surface area contributed by atoms with Crippen LogP contribution in [0.15, 0.2) is 72.8 Å². The van der Waals surface area contributed by atoms with Gasteiger partial charge in [0.1, 0.15) is 0 Å². The summed E-state index contributed by atoms with van der Waals surface area (Å²) < 4.78 is 0. The monoisotopic (exact) mass is 466 g/mol. The second kappa shape index (κ2) is 11.0. The third kappa shape index (κ3) is 6.13. The number of hydrogen-bond donors (Lipinski definition) is 1. The molecule has 1 saturated heterocycles. The Bertz CT molecular complexity index is 1030. The van der Waals surface area contributed by atoms with Gasteiger partial charge in [-0.2, -0.15) is 0 Å². The molecule has 1 amide bonds. The molecule has 0 aromatic heterocycles. The van der Waals surface area contributed by atoms with E-state index in [2.05, 4.69) is 58.7 Å². The van der Waals surface area contributed by atoms with E-state index in [4.69, 9.17) is 23.2 Å². The lowest BCUT2D eigenvalue weighted by molar-refractivity contribution is -0.126. The summed E-state index contributed by atoms with van der Waals surface area (Å²) >= 11 is 12.1. The smallest absolute Gasteiger partial charge is 0.223 e. The van der Waals surface area contributed by atoms with E-state index in [0.29, 0.717) is 16.6 Å². The van der Waals surface area contributed by atoms with Crippen LogP contribution in [0.4, 0.5) is 0 Å². The molecule has 0 saturated carbocycles. The molecule has 3 aromatic rings. The van der Waals surface area contributed by atoms with Gasteiger partial charge in [0.25, 0.3) is 0 Å². The lowest BCUT2D eigenvalue weighted by Gasteiger charge is -2.31. The van der Waals surface area contributed by atoms with Gasteiger partial charge in [0.15, 0.2) is 0 Å². The zero-order chi connectivity index (χ0) is 22.3. The molecule has 1 fully saturated rings. The van der Waals surface area contributed by atoms with Crippen molar-refractivity contribution in [1.82, 2.24) is 10.2 Å². The van der Waals surface area contributed by atoms with Crippen LogP contribution in [-0.4, -0.2) is 30.4 Å². The number of rotatable bonds is 7. The molecule has 1 aliphatic rings. The highest BCUT2D eigenvalue weighted by atomic mass is 35.5. The Morgan fingerprint density at radius 2 is 1.50 bits per heavy atom. The summed E-state index contributed by atoms with van der Waals surface area (Å²) in [6.45, 7) is 3.34. The first-order valence-corrected chi connectivity index (χ1v) is 11.9. The van der Waals surface area contributed by atoms with Gasteiger partial charge in [0, 0.05) is 19.0 Å². The topological polar surface area (TPSA) is 32.3 Å². The van der Waals surface area contributed by atoms with E-state index in [0.717, 1.165) is 44.5 Å². The minimum atomic E-state index is 0.0977. The first-order valence-electron chi connectivity index (χ1n) is 11.2. The average Bonchev–Trinajstić information content (AvgIpc) is 2.83. The average molecular weight is 467 g/mol. The zero-order valence-electron chi connectivity index (χ0n) is 18.1. The predicted molar refractivity (Wildman–Crippen MR) is 133 cm³/mol. The molecule has 0 radical (unpaired) electrons.